The van der Waals surface area contributed by atoms with E-state index in [9.17, 15) is 43.5 Å². The summed E-state index contributed by atoms with van der Waals surface area (Å²) in [4.78, 5) is 101. The van der Waals surface area contributed by atoms with Gasteiger partial charge in [0.25, 0.3) is 0 Å². The number of ether oxygens (including phenoxy) is 7. The number of esters is 7. The molecule has 26 fully saturated rings. The average Bonchev–Trinajstić information content (AvgIpc) is 0.938. The van der Waals surface area contributed by atoms with Crippen molar-refractivity contribution in [2.75, 3.05) is 0 Å². The molecule has 838 valence electrons. The number of carbonyl (C=O) groups excluding carboxylic acids is 8. The van der Waals surface area contributed by atoms with E-state index in [-0.39, 0.29) is 117 Å². The molecule has 0 radical (unpaired) electrons. The van der Waals surface area contributed by atoms with Crippen LogP contribution in [0, 0.1) is 272 Å². The number of aliphatic hydroxyl groups excluding tert-OH is 1. The van der Waals surface area contributed by atoms with Gasteiger partial charge in [-0.15, -0.1) is 0 Å². The number of rotatable bonds is 18. The minimum Gasteiger partial charge on any atom is -0.460 e. The van der Waals surface area contributed by atoms with Gasteiger partial charge in [-0.3, -0.25) is 38.4 Å². The molecule has 0 amide bonds. The first-order valence-electron chi connectivity index (χ1n) is 63.6. The van der Waals surface area contributed by atoms with Crippen LogP contribution in [0.1, 0.15) is 463 Å². The predicted octanol–water partition coefficient (Wildman–Crippen LogP) is 30.2. The fourth-order valence-electron chi connectivity index (χ4n) is 40.9. The molecular weight excluding hydrogens is 1840 g/mol. The van der Waals surface area contributed by atoms with Crippen LogP contribution < -0.4 is 0 Å². The van der Waals surface area contributed by atoms with Crippen molar-refractivity contribution in [2.45, 2.75) is 508 Å². The minimum atomic E-state index is -0.395. The lowest BCUT2D eigenvalue weighted by Gasteiger charge is -2.60. The summed E-state index contributed by atoms with van der Waals surface area (Å²) in [5, 5.41) is 9.66. The van der Waals surface area contributed by atoms with Crippen molar-refractivity contribution in [3.05, 3.63) is 0 Å². The third-order valence-corrected chi connectivity index (χ3v) is 51.9. The van der Waals surface area contributed by atoms with Crippen LogP contribution in [0.25, 0.3) is 0 Å². The first-order valence-corrected chi connectivity index (χ1v) is 63.6. The standard InChI is InChI=1S/C22H34O2.C21H32O2.C20H32O3.C19H32O3.C19H32O2.C17H28O2.C14H24O2/c1-4-22(17-6-14-5-15(8-17)9-18(22)7-14)24-21(23)20-11-16-10-19(20)13(3)12(16)2;1-11-12(2)18-9-15(11)10-19(18)20(22)23-21(3)16-5-13-4-14(7-16)8-17(21)6-13;1-5-20(4,15-6-8-16(21)9-7-15)23-19(22)18-11-14-10-17(18)13(3)12(14)2;1-11-12(2)16-9-13(11)10-17(16)18(21)22-19(3,4)14-5-7-15(20)8-6-14;1-12-13(2)16-10-14(12)11-17(16)18(20)21-19(3,4)15-8-6-5-7-9-15;1-11-12(2)14-9-13(11)10-15(14)16(18)19-17(3)7-5-4-6-8-17;1-8-9(2)11-6-10(8)7-12(11)13(15)16-14(3,4)5/h12-20H,4-11H2,1-3H3;11-19H,4-10H2,1-3H3;12-15,17-18H,5-11H2,1-4H3;11-17,20H,5-10H2,1-4H3;12-17H,5-11H2,1-4H3;11-15H,4-10H2,1-3H3;8-12H,6-7H2,1-5H3. The monoisotopic (exact) mass is 2060 g/mol. The second kappa shape index (κ2) is 44.6. The van der Waals surface area contributed by atoms with Crippen molar-refractivity contribution < 1.29 is 76.6 Å². The molecule has 1 N–H and O–H groups in total. The van der Waals surface area contributed by atoms with E-state index >= 15 is 0 Å². The maximum absolute atomic E-state index is 13.2. The van der Waals surface area contributed by atoms with Crippen LogP contribution in [0.15, 0.2) is 0 Å². The van der Waals surface area contributed by atoms with Crippen LogP contribution in [0.3, 0.4) is 0 Å². The molecule has 0 aromatic rings. The molecule has 16 heteroatoms. The van der Waals surface area contributed by atoms with Gasteiger partial charge in [-0.2, -0.15) is 0 Å². The number of fused-ring (bicyclic) bond motifs is 14. The Hall–Kier alpha value is -4.08. The molecule has 26 rings (SSSR count). The van der Waals surface area contributed by atoms with Crippen LogP contribution in [0.5, 0.6) is 0 Å². The molecule has 36 atom stereocenters. The van der Waals surface area contributed by atoms with Crippen molar-refractivity contribution in [2.24, 2.45) is 272 Å². The molecule has 22 bridgehead atoms. The molecule has 26 saturated carbocycles. The summed E-state index contributed by atoms with van der Waals surface area (Å²) >= 11 is 0. The van der Waals surface area contributed by atoms with Crippen LogP contribution in [0.2, 0.25) is 0 Å². The SMILES string of the molecule is CC1C2CC(C(=O)OC(C)(C)C)C(C2)C1C.CC1C2CC(C(=O)OC(C)(C)C3CCC(O)CC3)C(C2)C1C.CC1C2CC(C(=O)OC(C)(C)C3CCCCC3)C(C2)C1C.CC1C2CC(C(=O)OC3(C)C4CC5CC(C4)CC3C5)C(C2)C1C.CC1C2CC(C(=O)OC3(C)CCCCC3)C(C2)C1C.CCC(C)(OC(=O)C1CC2CC1C(C)C2C)C1CCC(=O)CC1.CCC1(OC(=O)C2CC3CC2C(C)C3C)C2CC3CC(C2)CC1C3. The Morgan fingerprint density at radius 1 is 0.291 bits per heavy atom. The molecule has 148 heavy (non-hydrogen) atoms. The van der Waals surface area contributed by atoms with Crippen LogP contribution in [0.4, 0.5) is 0 Å². The third kappa shape index (κ3) is 22.6. The van der Waals surface area contributed by atoms with Gasteiger partial charge in [-0.05, 0) is 544 Å². The van der Waals surface area contributed by atoms with Crippen molar-refractivity contribution in [3.8, 4) is 0 Å². The number of hydrogen-bond acceptors (Lipinski definition) is 16. The van der Waals surface area contributed by atoms with E-state index in [4.69, 9.17) is 33.2 Å². The Kier molecular flexibility index (Phi) is 34.2. The highest BCUT2D eigenvalue weighted by molar-refractivity contribution is 5.80. The van der Waals surface area contributed by atoms with Crippen LogP contribution >= 0.6 is 0 Å². The molecule has 0 aromatic heterocycles. The molecule has 36 unspecified atom stereocenters. The number of Topliss-reactive ketones (excluding diaryl/α,β-unsaturated/α-hetero) is 1. The zero-order valence-corrected chi connectivity index (χ0v) is 98.3. The molecule has 16 nitrogen and oxygen atoms in total. The van der Waals surface area contributed by atoms with Gasteiger partial charge in [0.1, 0.15) is 45.0 Å². The molecule has 0 aliphatic heterocycles. The highest BCUT2D eigenvalue weighted by atomic mass is 16.6. The highest BCUT2D eigenvalue weighted by Crippen LogP contribution is 2.67. The fraction of sp³-hybridized carbons (Fsp3) is 0.939. The largest absolute Gasteiger partial charge is 0.460 e. The summed E-state index contributed by atoms with van der Waals surface area (Å²) in [5.74, 6) is 29.6. The molecule has 26 aliphatic carbocycles. The second-order valence-corrected chi connectivity index (χ2v) is 60.7. The Balaban J connectivity index is 0.000000113. The van der Waals surface area contributed by atoms with E-state index in [1.807, 2.05) is 20.8 Å². The van der Waals surface area contributed by atoms with E-state index in [1.54, 1.807) is 0 Å². The zero-order valence-electron chi connectivity index (χ0n) is 98.3. The fourth-order valence-corrected chi connectivity index (χ4v) is 40.9. The van der Waals surface area contributed by atoms with Gasteiger partial charge >= 0.3 is 41.8 Å². The predicted molar refractivity (Wildman–Crippen MR) is 584 cm³/mol. The Labute approximate surface area is 898 Å². The summed E-state index contributed by atoms with van der Waals surface area (Å²) in [5.41, 5.74) is -1.79. The van der Waals surface area contributed by atoms with Gasteiger partial charge in [-0.1, -0.05) is 136 Å². The topological polar surface area (TPSA) is 221 Å². The van der Waals surface area contributed by atoms with Crippen LogP contribution in [-0.2, 0) is 71.5 Å². The molecule has 0 aromatic carbocycles. The van der Waals surface area contributed by atoms with Gasteiger partial charge in [0.15, 0.2) is 0 Å². The summed E-state index contributed by atoms with van der Waals surface area (Å²) in [6, 6.07) is 0. The van der Waals surface area contributed by atoms with E-state index in [1.165, 1.54) is 161 Å². The van der Waals surface area contributed by atoms with Gasteiger partial charge in [0.2, 0.25) is 0 Å². The van der Waals surface area contributed by atoms with E-state index in [0.717, 1.165) is 210 Å². The lowest BCUT2D eigenvalue weighted by molar-refractivity contribution is -0.216. The van der Waals surface area contributed by atoms with Crippen molar-refractivity contribution >= 4 is 47.6 Å². The van der Waals surface area contributed by atoms with Gasteiger partial charge in [0, 0.05) is 12.8 Å². The lowest BCUT2D eigenvalue weighted by atomic mass is 9.49. The summed E-state index contributed by atoms with van der Waals surface area (Å²) in [6.45, 7) is 58.0. The summed E-state index contributed by atoms with van der Waals surface area (Å²) in [6.07, 6.45) is 50.4. The second-order valence-electron chi connectivity index (χ2n) is 60.7. The molecule has 0 spiro atoms. The first-order chi connectivity index (χ1) is 69.8. The highest BCUT2D eigenvalue weighted by Gasteiger charge is 2.65. The first kappa shape index (κ1) is 114. The zero-order chi connectivity index (χ0) is 106. The number of ketones is 1. The van der Waals surface area contributed by atoms with Gasteiger partial charge < -0.3 is 38.3 Å². The Bertz CT molecular complexity index is 4500. The van der Waals surface area contributed by atoms with Gasteiger partial charge in [0.05, 0.1) is 47.5 Å². The molecule has 0 heterocycles. The normalized spacial score (nSPS) is 47.5. The van der Waals surface area contributed by atoms with Crippen molar-refractivity contribution in [1.82, 2.24) is 0 Å². The molecule has 0 saturated heterocycles. The number of hydrogen-bond donors (Lipinski definition) is 1. The maximum atomic E-state index is 13.2. The van der Waals surface area contributed by atoms with Crippen molar-refractivity contribution in [3.63, 3.8) is 0 Å². The van der Waals surface area contributed by atoms with Gasteiger partial charge in [-0.25, -0.2) is 0 Å². The molecular formula is C132H214O16. The Morgan fingerprint density at radius 3 is 0.865 bits per heavy atom. The van der Waals surface area contributed by atoms with E-state index in [2.05, 4.69) is 159 Å². The van der Waals surface area contributed by atoms with Crippen LogP contribution in [-0.4, -0.2) is 98.0 Å². The quantitative estimate of drug-likeness (QED) is 0.0995. The van der Waals surface area contributed by atoms with E-state index < -0.39 is 11.2 Å². The molecule has 26 aliphatic rings. The maximum Gasteiger partial charge on any atom is 0.309 e. The van der Waals surface area contributed by atoms with Crippen molar-refractivity contribution in [1.29, 1.82) is 0 Å². The third-order valence-electron chi connectivity index (χ3n) is 51.9. The van der Waals surface area contributed by atoms with E-state index in [0.29, 0.717) is 149 Å². The number of carbonyl (C=O) groups is 8. The lowest BCUT2D eigenvalue weighted by Crippen LogP contribution is -2.60. The minimum absolute atomic E-state index is 0.0394. The average molecular weight is 2060 g/mol. The summed E-state index contributed by atoms with van der Waals surface area (Å²) < 4.78 is 42.6. The smallest absolute Gasteiger partial charge is 0.309 e. The Morgan fingerprint density at radius 2 is 0.568 bits per heavy atom. The number of aliphatic hydroxyl groups is 1. The summed E-state index contributed by atoms with van der Waals surface area (Å²) in [7, 11) is 0.